The minimum absolute atomic E-state index is 0.0127. The molecule has 1 unspecified atom stereocenters. The van der Waals surface area contributed by atoms with Crippen molar-refractivity contribution in [2.75, 3.05) is 18.4 Å². The second-order valence-electron chi connectivity index (χ2n) is 4.83. The molecule has 1 amide bonds. The van der Waals surface area contributed by atoms with E-state index in [9.17, 15) is 9.59 Å². The van der Waals surface area contributed by atoms with Gasteiger partial charge >= 0.3 is 0 Å². The molecule has 0 saturated carbocycles. The Kier molecular flexibility index (Phi) is 3.77. The Hall–Kier alpha value is -1.68. The molecule has 1 fully saturated rings. The van der Waals surface area contributed by atoms with Gasteiger partial charge in [0.05, 0.1) is 0 Å². The van der Waals surface area contributed by atoms with E-state index in [1.165, 1.54) is 6.92 Å². The molecule has 0 radical (unpaired) electrons. The molecule has 2 N–H and O–H groups in total. The number of amides is 1. The predicted molar refractivity (Wildman–Crippen MR) is 70.6 cm³/mol. The van der Waals surface area contributed by atoms with E-state index < -0.39 is 0 Å². The van der Waals surface area contributed by atoms with Gasteiger partial charge < -0.3 is 10.6 Å². The summed E-state index contributed by atoms with van der Waals surface area (Å²) in [4.78, 5) is 23.1. The lowest BCUT2D eigenvalue weighted by atomic mass is 9.88. The highest BCUT2D eigenvalue weighted by atomic mass is 16.2. The minimum atomic E-state index is 0.0127. The highest BCUT2D eigenvalue weighted by molar-refractivity contribution is 5.96. The summed E-state index contributed by atoms with van der Waals surface area (Å²) in [5.74, 6) is 0.513. The first kappa shape index (κ1) is 12.8. The molecule has 2 rings (SSSR count). The molecule has 96 valence electrons. The quantitative estimate of drug-likeness (QED) is 0.795. The molecule has 1 atom stereocenters. The van der Waals surface area contributed by atoms with Gasteiger partial charge in [0, 0.05) is 17.2 Å². The number of anilines is 1. The summed E-state index contributed by atoms with van der Waals surface area (Å²) in [6.07, 6.45) is 0. The minimum Gasteiger partial charge on any atom is -0.326 e. The van der Waals surface area contributed by atoms with Gasteiger partial charge in [-0.1, -0.05) is 6.92 Å². The zero-order valence-corrected chi connectivity index (χ0v) is 10.7. The fraction of sp³-hybridized carbons (Fsp3) is 0.429. The number of rotatable bonds is 4. The smallest absolute Gasteiger partial charge is 0.227 e. The molecule has 0 aliphatic carbocycles. The summed E-state index contributed by atoms with van der Waals surface area (Å²) in [5.41, 5.74) is 1.40. The molecule has 0 spiro atoms. The van der Waals surface area contributed by atoms with Crippen LogP contribution in [0, 0.1) is 11.8 Å². The molecule has 0 bridgehead atoms. The van der Waals surface area contributed by atoms with Crippen molar-refractivity contribution >= 4 is 17.4 Å². The van der Waals surface area contributed by atoms with Gasteiger partial charge in [-0.3, -0.25) is 9.59 Å². The average Bonchev–Trinajstić information content (AvgIpc) is 2.27. The zero-order chi connectivity index (χ0) is 13.1. The van der Waals surface area contributed by atoms with E-state index in [4.69, 9.17) is 0 Å². The monoisotopic (exact) mass is 246 g/mol. The van der Waals surface area contributed by atoms with Crippen LogP contribution in [0.25, 0.3) is 0 Å². The van der Waals surface area contributed by atoms with Gasteiger partial charge in [-0.15, -0.1) is 0 Å². The van der Waals surface area contributed by atoms with Crippen molar-refractivity contribution in [3.63, 3.8) is 0 Å². The molecule has 1 aromatic carbocycles. The third-order valence-corrected chi connectivity index (χ3v) is 3.49. The Balaban J connectivity index is 1.96. The van der Waals surface area contributed by atoms with Crippen molar-refractivity contribution in [1.82, 2.24) is 5.32 Å². The topological polar surface area (TPSA) is 58.2 Å². The van der Waals surface area contributed by atoms with E-state index in [-0.39, 0.29) is 17.6 Å². The molecule has 1 aliphatic rings. The number of benzene rings is 1. The fourth-order valence-corrected chi connectivity index (χ4v) is 1.92. The van der Waals surface area contributed by atoms with Crippen LogP contribution in [0.5, 0.6) is 0 Å². The number of hydrogen-bond donors (Lipinski definition) is 2. The number of carbonyl (C=O) groups is 2. The molecule has 1 aliphatic heterocycles. The molecule has 4 nitrogen and oxygen atoms in total. The number of ketones is 1. The van der Waals surface area contributed by atoms with Gasteiger partial charge in [-0.25, -0.2) is 0 Å². The van der Waals surface area contributed by atoms with Crippen LogP contribution in [-0.2, 0) is 4.79 Å². The van der Waals surface area contributed by atoms with Gasteiger partial charge in [0.1, 0.15) is 0 Å². The van der Waals surface area contributed by atoms with E-state index in [0.717, 1.165) is 18.8 Å². The summed E-state index contributed by atoms with van der Waals surface area (Å²) in [7, 11) is 0. The Bertz CT molecular complexity index is 449. The lowest BCUT2D eigenvalue weighted by Gasteiger charge is -2.31. The molecular formula is C14H18N2O2. The lowest BCUT2D eigenvalue weighted by Crippen LogP contribution is -2.48. The van der Waals surface area contributed by atoms with Crippen molar-refractivity contribution < 1.29 is 9.59 Å². The van der Waals surface area contributed by atoms with Crippen LogP contribution in [0.4, 0.5) is 5.69 Å². The van der Waals surface area contributed by atoms with E-state index in [2.05, 4.69) is 10.6 Å². The third kappa shape index (κ3) is 2.76. The molecule has 1 heterocycles. The third-order valence-electron chi connectivity index (χ3n) is 3.49. The fourth-order valence-electron chi connectivity index (χ4n) is 1.92. The number of hydrogen-bond acceptors (Lipinski definition) is 3. The molecule has 18 heavy (non-hydrogen) atoms. The standard InChI is InChI=1S/C14H18N2O2/c1-9(12-7-15-8-12)14(18)16-13-5-3-11(4-6-13)10(2)17/h3-6,9,12,15H,7-8H2,1-2H3,(H,16,18). The van der Waals surface area contributed by atoms with Crippen LogP contribution >= 0.6 is 0 Å². The lowest BCUT2D eigenvalue weighted by molar-refractivity contribution is -0.121. The summed E-state index contributed by atoms with van der Waals surface area (Å²) in [5, 5.41) is 6.04. The average molecular weight is 246 g/mol. The van der Waals surface area contributed by atoms with Crippen molar-refractivity contribution in [2.45, 2.75) is 13.8 Å². The second-order valence-corrected chi connectivity index (χ2v) is 4.83. The van der Waals surface area contributed by atoms with Crippen LogP contribution < -0.4 is 10.6 Å². The number of Topliss-reactive ketones (excluding diaryl/α,β-unsaturated/α-hetero) is 1. The van der Waals surface area contributed by atoms with Crippen LogP contribution in [0.1, 0.15) is 24.2 Å². The number of carbonyl (C=O) groups excluding carboxylic acids is 2. The molecule has 4 heteroatoms. The first-order chi connectivity index (χ1) is 8.58. The summed E-state index contributed by atoms with van der Waals surface area (Å²) in [6, 6.07) is 6.99. The zero-order valence-electron chi connectivity index (χ0n) is 10.7. The van der Waals surface area contributed by atoms with Crippen LogP contribution in [-0.4, -0.2) is 24.8 Å². The van der Waals surface area contributed by atoms with Crippen LogP contribution in [0.3, 0.4) is 0 Å². The van der Waals surface area contributed by atoms with E-state index in [0.29, 0.717) is 11.5 Å². The number of nitrogens with one attached hydrogen (secondary N) is 2. The van der Waals surface area contributed by atoms with Crippen molar-refractivity contribution in [3.8, 4) is 0 Å². The second kappa shape index (κ2) is 5.31. The van der Waals surface area contributed by atoms with Gasteiger partial charge in [0.15, 0.2) is 5.78 Å². The maximum atomic E-state index is 12.0. The summed E-state index contributed by atoms with van der Waals surface area (Å²) in [6.45, 7) is 5.31. The Labute approximate surface area is 107 Å². The summed E-state index contributed by atoms with van der Waals surface area (Å²) >= 11 is 0. The molecule has 1 saturated heterocycles. The van der Waals surface area contributed by atoms with Gasteiger partial charge in [0.2, 0.25) is 5.91 Å². The van der Waals surface area contributed by atoms with Crippen molar-refractivity contribution in [1.29, 1.82) is 0 Å². The molecular weight excluding hydrogens is 228 g/mol. The molecule has 0 aromatic heterocycles. The highest BCUT2D eigenvalue weighted by Crippen LogP contribution is 2.18. The predicted octanol–water partition coefficient (Wildman–Crippen LogP) is 1.68. The SMILES string of the molecule is CC(=O)c1ccc(NC(=O)C(C)C2CNC2)cc1. The van der Waals surface area contributed by atoms with E-state index in [1.54, 1.807) is 24.3 Å². The Morgan fingerprint density at radius 1 is 1.28 bits per heavy atom. The van der Waals surface area contributed by atoms with Gasteiger partial charge in [-0.05, 0) is 50.2 Å². The molecule has 1 aromatic rings. The Morgan fingerprint density at radius 3 is 2.33 bits per heavy atom. The highest BCUT2D eigenvalue weighted by Gasteiger charge is 2.28. The Morgan fingerprint density at radius 2 is 1.89 bits per heavy atom. The van der Waals surface area contributed by atoms with Crippen molar-refractivity contribution in [2.24, 2.45) is 11.8 Å². The largest absolute Gasteiger partial charge is 0.326 e. The van der Waals surface area contributed by atoms with E-state index >= 15 is 0 Å². The first-order valence-electron chi connectivity index (χ1n) is 6.20. The summed E-state index contributed by atoms with van der Waals surface area (Å²) < 4.78 is 0. The van der Waals surface area contributed by atoms with Gasteiger partial charge in [0.25, 0.3) is 0 Å². The maximum absolute atomic E-state index is 12.0. The van der Waals surface area contributed by atoms with Crippen LogP contribution in [0.2, 0.25) is 0 Å². The van der Waals surface area contributed by atoms with Crippen molar-refractivity contribution in [3.05, 3.63) is 29.8 Å². The van der Waals surface area contributed by atoms with E-state index in [1.807, 2.05) is 6.92 Å². The maximum Gasteiger partial charge on any atom is 0.227 e. The van der Waals surface area contributed by atoms with Gasteiger partial charge in [-0.2, -0.15) is 0 Å². The normalized spacial score (nSPS) is 16.8. The van der Waals surface area contributed by atoms with Crippen LogP contribution in [0.15, 0.2) is 24.3 Å². The first-order valence-corrected chi connectivity index (χ1v) is 6.20.